The molecule has 0 aromatic heterocycles. The van der Waals surface area contributed by atoms with Crippen LogP contribution in [0.25, 0.3) is 55.6 Å². The summed E-state index contributed by atoms with van der Waals surface area (Å²) in [5.74, 6) is 1.19. The first-order chi connectivity index (χ1) is 23.8. The van der Waals surface area contributed by atoms with E-state index in [0.29, 0.717) is 0 Å². The van der Waals surface area contributed by atoms with Crippen LogP contribution in [0.2, 0.25) is 0 Å². The van der Waals surface area contributed by atoms with E-state index in [2.05, 4.69) is 181 Å². The molecular formula is C46H31NO. The highest BCUT2D eigenvalue weighted by Crippen LogP contribution is 2.43. The fourth-order valence-electron chi connectivity index (χ4n) is 7.84. The van der Waals surface area contributed by atoms with Crippen LogP contribution < -0.4 is 20.1 Å². The van der Waals surface area contributed by atoms with Crippen molar-refractivity contribution in [2.45, 2.75) is 12.0 Å². The fourth-order valence-corrected chi connectivity index (χ4v) is 7.84. The maximum atomic E-state index is 6.38. The first-order valence-electron chi connectivity index (χ1n) is 16.7. The highest BCUT2D eigenvalue weighted by Gasteiger charge is 2.32. The van der Waals surface area contributed by atoms with E-state index < -0.39 is 0 Å². The van der Waals surface area contributed by atoms with Crippen molar-refractivity contribution in [3.05, 3.63) is 180 Å². The van der Waals surface area contributed by atoms with Crippen molar-refractivity contribution in [1.82, 2.24) is 0 Å². The molecule has 226 valence electrons. The summed E-state index contributed by atoms with van der Waals surface area (Å²) >= 11 is 0. The zero-order chi connectivity index (χ0) is 31.6. The van der Waals surface area contributed by atoms with E-state index >= 15 is 0 Å². The minimum absolute atomic E-state index is 0.0252. The Kier molecular flexibility index (Phi) is 6.04. The van der Waals surface area contributed by atoms with Gasteiger partial charge >= 0.3 is 0 Å². The van der Waals surface area contributed by atoms with E-state index in [0.717, 1.165) is 22.8 Å². The molecule has 2 heteroatoms. The van der Waals surface area contributed by atoms with Crippen molar-refractivity contribution in [3.63, 3.8) is 0 Å². The molecule has 8 aromatic rings. The van der Waals surface area contributed by atoms with Gasteiger partial charge in [0, 0.05) is 28.4 Å². The molecular weight excluding hydrogens is 583 g/mol. The van der Waals surface area contributed by atoms with E-state index in [1.807, 2.05) is 0 Å². The molecule has 0 bridgehead atoms. The highest BCUT2D eigenvalue weighted by molar-refractivity contribution is 6.09. The van der Waals surface area contributed by atoms with Crippen LogP contribution in [-0.2, 0) is 0 Å². The van der Waals surface area contributed by atoms with Crippen molar-refractivity contribution >= 4 is 61.5 Å². The smallest absolute Gasteiger partial charge is 0.128 e. The van der Waals surface area contributed by atoms with Crippen LogP contribution in [0.5, 0.6) is 5.75 Å². The average Bonchev–Trinajstić information content (AvgIpc) is 3.52. The monoisotopic (exact) mass is 613 g/mol. The van der Waals surface area contributed by atoms with E-state index in [9.17, 15) is 0 Å². The molecule has 48 heavy (non-hydrogen) atoms. The Balaban J connectivity index is 1.23. The Morgan fingerprint density at radius 3 is 2.00 bits per heavy atom. The topological polar surface area (TPSA) is 12.5 Å². The van der Waals surface area contributed by atoms with Crippen molar-refractivity contribution < 1.29 is 4.74 Å². The Labute approximate surface area is 279 Å². The summed E-state index contributed by atoms with van der Waals surface area (Å²) in [5, 5.41) is 9.97. The minimum Gasteiger partial charge on any atom is -0.485 e. The van der Waals surface area contributed by atoms with Crippen LogP contribution in [0.15, 0.2) is 164 Å². The van der Waals surface area contributed by atoms with Crippen molar-refractivity contribution in [3.8, 4) is 16.9 Å². The van der Waals surface area contributed by atoms with Gasteiger partial charge in [-0.2, -0.15) is 0 Å². The number of benzene rings is 8. The zero-order valence-electron chi connectivity index (χ0n) is 26.3. The third-order valence-corrected chi connectivity index (χ3v) is 10.1. The van der Waals surface area contributed by atoms with Gasteiger partial charge in [-0.3, -0.25) is 0 Å². The Morgan fingerprint density at radius 2 is 1.12 bits per heavy atom. The molecule has 2 nitrogen and oxygen atoms in total. The second-order valence-electron chi connectivity index (χ2n) is 12.9. The number of hydrogen-bond donors (Lipinski definition) is 0. The Morgan fingerprint density at radius 1 is 0.479 bits per heavy atom. The molecule has 0 spiro atoms. The lowest BCUT2D eigenvalue weighted by Crippen LogP contribution is -2.34. The van der Waals surface area contributed by atoms with E-state index in [-0.39, 0.29) is 12.0 Å². The first-order valence-corrected chi connectivity index (χ1v) is 16.7. The second-order valence-corrected chi connectivity index (χ2v) is 12.9. The highest BCUT2D eigenvalue weighted by atomic mass is 16.5. The third-order valence-electron chi connectivity index (χ3n) is 10.1. The predicted octanol–water partition coefficient (Wildman–Crippen LogP) is 10.4. The second kappa shape index (κ2) is 10.7. The Bertz CT molecular complexity index is 2680. The number of para-hydroxylation sites is 2. The molecule has 8 aromatic carbocycles. The van der Waals surface area contributed by atoms with Crippen LogP contribution in [0.3, 0.4) is 0 Å². The van der Waals surface area contributed by atoms with Crippen molar-refractivity contribution in [2.24, 2.45) is 0 Å². The van der Waals surface area contributed by atoms with Gasteiger partial charge in [-0.05, 0) is 90.8 Å². The number of nitrogens with zero attached hydrogens (tertiary/aromatic N) is 1. The van der Waals surface area contributed by atoms with Crippen LogP contribution in [-0.4, -0.2) is 6.10 Å². The summed E-state index contributed by atoms with van der Waals surface area (Å²) in [4.78, 5) is 2.44. The quantitative estimate of drug-likeness (QED) is 0.183. The Hall–Kier alpha value is -6.12. The van der Waals surface area contributed by atoms with E-state index in [1.54, 1.807) is 0 Å². The van der Waals surface area contributed by atoms with Gasteiger partial charge in [0.15, 0.2) is 0 Å². The maximum Gasteiger partial charge on any atom is 0.128 e. The molecule has 1 heterocycles. The number of fused-ring (bicyclic) bond motifs is 9. The molecule has 2 unspecified atom stereocenters. The molecule has 0 saturated heterocycles. The van der Waals surface area contributed by atoms with Crippen LogP contribution in [0.4, 0.5) is 17.1 Å². The van der Waals surface area contributed by atoms with E-state index in [4.69, 9.17) is 4.74 Å². The first kappa shape index (κ1) is 27.0. The molecule has 1 aliphatic carbocycles. The van der Waals surface area contributed by atoms with Crippen molar-refractivity contribution in [1.29, 1.82) is 0 Å². The van der Waals surface area contributed by atoms with Crippen LogP contribution in [0, 0.1) is 0 Å². The summed E-state index contributed by atoms with van der Waals surface area (Å²) in [6.45, 7) is 0. The molecule has 0 fully saturated rings. The van der Waals surface area contributed by atoms with Crippen molar-refractivity contribution in [2.75, 3.05) is 4.90 Å². The lowest BCUT2D eigenvalue weighted by Gasteiger charge is -2.29. The SMILES string of the molecule is C1=c2ccc3ccc(N(c4ccc5ccc6ccccc6c5c4)c4ccccc4-c4ccccc4)cc3c2=CC2c3ccccc3OC12. The fraction of sp³-hybridized carbons (Fsp3) is 0.0435. The van der Waals surface area contributed by atoms with Gasteiger partial charge in [0.25, 0.3) is 0 Å². The lowest BCUT2D eigenvalue weighted by atomic mass is 9.88. The van der Waals surface area contributed by atoms with Crippen LogP contribution >= 0.6 is 0 Å². The maximum absolute atomic E-state index is 6.38. The molecule has 1 aliphatic heterocycles. The zero-order valence-corrected chi connectivity index (χ0v) is 26.3. The average molecular weight is 614 g/mol. The predicted molar refractivity (Wildman–Crippen MR) is 201 cm³/mol. The van der Waals surface area contributed by atoms with Crippen LogP contribution in [0.1, 0.15) is 11.5 Å². The molecule has 10 rings (SSSR count). The minimum atomic E-state index is 0.0252. The molecule has 2 atom stereocenters. The van der Waals surface area contributed by atoms with Gasteiger partial charge in [-0.1, -0.05) is 133 Å². The van der Waals surface area contributed by atoms with Gasteiger partial charge in [0.2, 0.25) is 0 Å². The van der Waals surface area contributed by atoms with Gasteiger partial charge in [-0.15, -0.1) is 0 Å². The summed E-state index contributed by atoms with van der Waals surface area (Å²) in [5.41, 5.74) is 7.03. The molecule has 2 aliphatic rings. The van der Waals surface area contributed by atoms with E-state index in [1.165, 1.54) is 59.4 Å². The van der Waals surface area contributed by atoms with Gasteiger partial charge in [0.1, 0.15) is 11.9 Å². The normalized spacial score (nSPS) is 16.0. The van der Waals surface area contributed by atoms with Gasteiger partial charge in [0.05, 0.1) is 5.69 Å². The number of hydrogen-bond acceptors (Lipinski definition) is 2. The summed E-state index contributed by atoms with van der Waals surface area (Å²) in [6, 6.07) is 59.4. The molecule has 0 N–H and O–H groups in total. The van der Waals surface area contributed by atoms with Gasteiger partial charge < -0.3 is 9.64 Å². The third kappa shape index (κ3) is 4.27. The summed E-state index contributed by atoms with van der Waals surface area (Å²) in [7, 11) is 0. The standard InChI is InChI=1S/C46H31NO/c1-2-10-30(11-3-1)38-14-6-8-16-44(38)47(35-24-22-32-19-18-31-12-4-5-13-37(31)40(32)27-35)36-25-23-33-20-21-34-26-46-43(29-42(34)41(33)28-36)39-15-7-9-17-45(39)48-46/h1-29,43,46H. The van der Waals surface area contributed by atoms with Gasteiger partial charge in [-0.25, -0.2) is 0 Å². The summed E-state index contributed by atoms with van der Waals surface area (Å²) in [6.07, 6.45) is 4.77. The molecule has 0 radical (unpaired) electrons. The number of ether oxygens (including phenoxy) is 1. The summed E-state index contributed by atoms with van der Waals surface area (Å²) < 4.78 is 6.38. The molecule has 0 amide bonds. The number of rotatable bonds is 4. The lowest BCUT2D eigenvalue weighted by molar-refractivity contribution is 0.288. The largest absolute Gasteiger partial charge is 0.485 e. The number of anilines is 3. The molecule has 0 saturated carbocycles.